The van der Waals surface area contributed by atoms with Gasteiger partial charge in [-0.05, 0) is 18.6 Å². The Balaban J connectivity index is 2.95. The van der Waals surface area contributed by atoms with Gasteiger partial charge in [0.15, 0.2) is 0 Å². The second-order valence-electron chi connectivity index (χ2n) is 3.03. The van der Waals surface area contributed by atoms with E-state index in [4.69, 9.17) is 16.9 Å². The molecular weight excluding hydrogens is 196 g/mol. The number of fused-ring (bicyclic) bond motifs is 1. The van der Waals surface area contributed by atoms with E-state index in [0.29, 0.717) is 5.56 Å². The topological polar surface area (TPSA) is 36.7 Å². The summed E-state index contributed by atoms with van der Waals surface area (Å²) >= 11 is 5.88. The number of aromatic nitrogens is 1. The predicted octanol–water partition coefficient (Wildman–Crippen LogP) is 3.07. The van der Waals surface area contributed by atoms with Crippen LogP contribution >= 0.6 is 11.6 Å². The first kappa shape index (κ1) is 8.98. The van der Waals surface area contributed by atoms with Gasteiger partial charge in [0.1, 0.15) is 11.2 Å². The summed E-state index contributed by atoms with van der Waals surface area (Å²) in [6.07, 6.45) is 0. The standard InChI is InChI=1S/C11H7ClN2/c1-7-8-4-2-3-5-10(8)14-11(12)9(7)6-13/h2-5H,1H3. The third-order valence-corrected chi connectivity index (χ3v) is 2.49. The molecule has 0 amide bonds. The van der Waals surface area contributed by atoms with Crippen molar-refractivity contribution in [1.29, 1.82) is 5.26 Å². The van der Waals surface area contributed by atoms with E-state index in [0.717, 1.165) is 16.5 Å². The Kier molecular flexibility index (Phi) is 2.11. The van der Waals surface area contributed by atoms with E-state index in [2.05, 4.69) is 11.1 Å². The summed E-state index contributed by atoms with van der Waals surface area (Å²) in [5.74, 6) is 0. The molecule has 2 nitrogen and oxygen atoms in total. The minimum Gasteiger partial charge on any atom is -0.235 e. The molecule has 0 unspecified atom stereocenters. The first-order chi connectivity index (χ1) is 6.74. The lowest BCUT2D eigenvalue weighted by atomic mass is 10.1. The van der Waals surface area contributed by atoms with Crippen LogP contribution in [0.3, 0.4) is 0 Å². The van der Waals surface area contributed by atoms with E-state index in [-0.39, 0.29) is 5.15 Å². The van der Waals surface area contributed by atoms with Crippen LogP contribution in [-0.2, 0) is 0 Å². The predicted molar refractivity (Wildman–Crippen MR) is 56.2 cm³/mol. The van der Waals surface area contributed by atoms with E-state index in [1.165, 1.54) is 0 Å². The fraction of sp³-hybridized carbons (Fsp3) is 0.0909. The van der Waals surface area contributed by atoms with E-state index in [9.17, 15) is 0 Å². The molecule has 0 radical (unpaired) electrons. The molecule has 0 fully saturated rings. The summed E-state index contributed by atoms with van der Waals surface area (Å²) in [6, 6.07) is 9.71. The van der Waals surface area contributed by atoms with E-state index >= 15 is 0 Å². The molecule has 0 atom stereocenters. The molecule has 0 spiro atoms. The molecule has 0 aliphatic carbocycles. The van der Waals surface area contributed by atoms with Gasteiger partial charge in [0, 0.05) is 5.39 Å². The van der Waals surface area contributed by atoms with Crippen LogP contribution in [0.1, 0.15) is 11.1 Å². The smallest absolute Gasteiger partial charge is 0.147 e. The van der Waals surface area contributed by atoms with Crippen LogP contribution in [0.15, 0.2) is 24.3 Å². The molecule has 0 bridgehead atoms. The first-order valence-electron chi connectivity index (χ1n) is 4.19. The molecule has 2 aromatic rings. The SMILES string of the molecule is Cc1c(C#N)c(Cl)nc2ccccc12. The molecule has 1 heterocycles. The highest BCUT2D eigenvalue weighted by Crippen LogP contribution is 2.24. The number of nitrogens with zero attached hydrogens (tertiary/aromatic N) is 2. The zero-order valence-electron chi connectivity index (χ0n) is 7.58. The normalized spacial score (nSPS) is 10.1. The summed E-state index contributed by atoms with van der Waals surface area (Å²) in [7, 11) is 0. The van der Waals surface area contributed by atoms with Crippen LogP contribution in [0, 0.1) is 18.3 Å². The number of para-hydroxylation sites is 1. The molecule has 14 heavy (non-hydrogen) atoms. The Morgan fingerprint density at radius 3 is 2.79 bits per heavy atom. The highest BCUT2D eigenvalue weighted by Gasteiger charge is 2.08. The van der Waals surface area contributed by atoms with Gasteiger partial charge in [-0.2, -0.15) is 5.26 Å². The summed E-state index contributed by atoms with van der Waals surface area (Å²) < 4.78 is 0. The van der Waals surface area contributed by atoms with Crippen LogP contribution in [0.2, 0.25) is 5.15 Å². The number of pyridine rings is 1. The average molecular weight is 203 g/mol. The molecule has 0 saturated carbocycles. The third kappa shape index (κ3) is 1.23. The average Bonchev–Trinajstić information content (AvgIpc) is 2.18. The largest absolute Gasteiger partial charge is 0.235 e. The summed E-state index contributed by atoms with van der Waals surface area (Å²) in [5, 5.41) is 10.1. The van der Waals surface area contributed by atoms with Crippen LogP contribution in [0.25, 0.3) is 10.9 Å². The molecule has 0 aliphatic heterocycles. The monoisotopic (exact) mass is 202 g/mol. The van der Waals surface area contributed by atoms with Gasteiger partial charge in [-0.15, -0.1) is 0 Å². The Bertz CT molecular complexity index is 541. The lowest BCUT2D eigenvalue weighted by Crippen LogP contribution is -1.90. The van der Waals surface area contributed by atoms with Gasteiger partial charge < -0.3 is 0 Å². The quantitative estimate of drug-likeness (QED) is 0.616. The Hall–Kier alpha value is -1.59. The number of benzene rings is 1. The van der Waals surface area contributed by atoms with Gasteiger partial charge in [-0.1, -0.05) is 29.8 Å². The Labute approximate surface area is 86.8 Å². The molecule has 0 N–H and O–H groups in total. The van der Waals surface area contributed by atoms with Crippen LogP contribution < -0.4 is 0 Å². The molecule has 68 valence electrons. The minimum absolute atomic E-state index is 0.281. The van der Waals surface area contributed by atoms with Crippen molar-refractivity contribution in [2.75, 3.05) is 0 Å². The molecule has 2 rings (SSSR count). The summed E-state index contributed by atoms with van der Waals surface area (Å²) in [5.41, 5.74) is 2.18. The maximum absolute atomic E-state index is 8.88. The van der Waals surface area contributed by atoms with Crippen LogP contribution in [0.5, 0.6) is 0 Å². The van der Waals surface area contributed by atoms with Crippen molar-refractivity contribution in [3.63, 3.8) is 0 Å². The number of nitriles is 1. The van der Waals surface area contributed by atoms with Crippen molar-refractivity contribution >= 4 is 22.5 Å². The second-order valence-corrected chi connectivity index (χ2v) is 3.39. The van der Waals surface area contributed by atoms with Crippen LogP contribution in [0.4, 0.5) is 0 Å². The molecule has 1 aromatic heterocycles. The van der Waals surface area contributed by atoms with E-state index in [1.807, 2.05) is 31.2 Å². The summed E-state index contributed by atoms with van der Waals surface area (Å²) in [6.45, 7) is 1.88. The maximum Gasteiger partial charge on any atom is 0.147 e. The molecular formula is C11H7ClN2. The maximum atomic E-state index is 8.88. The van der Waals surface area contributed by atoms with Gasteiger partial charge in [-0.25, -0.2) is 4.98 Å². The van der Waals surface area contributed by atoms with Crippen molar-refractivity contribution < 1.29 is 0 Å². The Morgan fingerprint density at radius 1 is 1.36 bits per heavy atom. The first-order valence-corrected chi connectivity index (χ1v) is 4.57. The second kappa shape index (κ2) is 3.28. The molecule has 0 saturated heterocycles. The minimum atomic E-state index is 0.281. The lowest BCUT2D eigenvalue weighted by molar-refractivity contribution is 1.32. The zero-order chi connectivity index (χ0) is 10.1. The number of hydrogen-bond acceptors (Lipinski definition) is 2. The van der Waals surface area contributed by atoms with E-state index in [1.54, 1.807) is 0 Å². The highest BCUT2D eigenvalue weighted by molar-refractivity contribution is 6.31. The van der Waals surface area contributed by atoms with Gasteiger partial charge >= 0.3 is 0 Å². The van der Waals surface area contributed by atoms with Crippen molar-refractivity contribution in [3.05, 3.63) is 40.5 Å². The zero-order valence-corrected chi connectivity index (χ0v) is 8.34. The van der Waals surface area contributed by atoms with Gasteiger partial charge in [0.05, 0.1) is 11.1 Å². The molecule has 0 aliphatic rings. The van der Waals surface area contributed by atoms with Gasteiger partial charge in [-0.3, -0.25) is 0 Å². The third-order valence-electron chi connectivity index (χ3n) is 2.22. The van der Waals surface area contributed by atoms with Gasteiger partial charge in [0.25, 0.3) is 0 Å². The molecule has 3 heteroatoms. The van der Waals surface area contributed by atoms with Crippen molar-refractivity contribution in [2.45, 2.75) is 6.92 Å². The van der Waals surface area contributed by atoms with Crippen molar-refractivity contribution in [2.24, 2.45) is 0 Å². The number of aryl methyl sites for hydroxylation is 1. The Morgan fingerprint density at radius 2 is 2.07 bits per heavy atom. The van der Waals surface area contributed by atoms with Crippen molar-refractivity contribution in [3.8, 4) is 6.07 Å². The fourth-order valence-corrected chi connectivity index (χ4v) is 1.74. The highest BCUT2D eigenvalue weighted by atomic mass is 35.5. The van der Waals surface area contributed by atoms with Crippen LogP contribution in [-0.4, -0.2) is 4.98 Å². The number of halogens is 1. The number of hydrogen-bond donors (Lipinski definition) is 0. The van der Waals surface area contributed by atoms with Crippen molar-refractivity contribution in [1.82, 2.24) is 4.98 Å². The fourth-order valence-electron chi connectivity index (χ4n) is 1.47. The lowest BCUT2D eigenvalue weighted by Gasteiger charge is -2.04. The van der Waals surface area contributed by atoms with Gasteiger partial charge in [0.2, 0.25) is 0 Å². The summed E-state index contributed by atoms with van der Waals surface area (Å²) in [4.78, 5) is 4.15. The number of rotatable bonds is 0. The van der Waals surface area contributed by atoms with E-state index < -0.39 is 0 Å². The molecule has 1 aromatic carbocycles.